The van der Waals surface area contributed by atoms with Gasteiger partial charge in [-0.2, -0.15) is 0 Å². The maximum atomic E-state index is 10.9. The van der Waals surface area contributed by atoms with Crippen LogP contribution in [0.2, 0.25) is 0 Å². The Kier molecular flexibility index (Phi) is 7.39. The van der Waals surface area contributed by atoms with Gasteiger partial charge in [0.05, 0.1) is 11.5 Å². The molecular weight excluding hydrogens is 354 g/mol. The van der Waals surface area contributed by atoms with E-state index in [9.17, 15) is 10.1 Å². The number of aryl methyl sites for hydroxylation is 1. The molecule has 150 valence electrons. The third kappa shape index (κ3) is 6.04. The van der Waals surface area contributed by atoms with Crippen LogP contribution in [0, 0.1) is 17.0 Å². The average Bonchev–Trinajstić information content (AvgIpc) is 2.69. The molecule has 0 atom stereocenters. The Morgan fingerprint density at radius 2 is 1.71 bits per heavy atom. The number of rotatable bonds is 9. The molecule has 6 nitrogen and oxygen atoms in total. The van der Waals surface area contributed by atoms with Crippen molar-refractivity contribution in [2.24, 2.45) is 0 Å². The first-order valence-electron chi connectivity index (χ1n) is 9.98. The van der Waals surface area contributed by atoms with Gasteiger partial charge in [-0.3, -0.25) is 15.0 Å². The summed E-state index contributed by atoms with van der Waals surface area (Å²) in [7, 11) is 0. The lowest BCUT2D eigenvalue weighted by Crippen LogP contribution is -2.46. The van der Waals surface area contributed by atoms with Gasteiger partial charge in [-0.15, -0.1) is 0 Å². The van der Waals surface area contributed by atoms with Crippen LogP contribution in [-0.4, -0.2) is 54.1 Å². The minimum atomic E-state index is -0.362. The van der Waals surface area contributed by atoms with Crippen LogP contribution >= 0.6 is 0 Å². The lowest BCUT2D eigenvalue weighted by molar-refractivity contribution is -0.385. The lowest BCUT2D eigenvalue weighted by Gasteiger charge is -2.34. The van der Waals surface area contributed by atoms with Crippen molar-refractivity contribution < 1.29 is 9.66 Å². The summed E-state index contributed by atoms with van der Waals surface area (Å²) >= 11 is 0. The fourth-order valence-electron chi connectivity index (χ4n) is 3.56. The van der Waals surface area contributed by atoms with Crippen molar-refractivity contribution in [1.82, 2.24) is 9.80 Å². The standard InChI is InChI=1S/C22H29N3O3/c1-19-17-21(9-10-22(19)25(26)27)28-16-6-5-11-23-12-14-24(15-13-23)18-20-7-3-2-4-8-20/h2-4,7-10,17H,5-6,11-16,18H2,1H3. The molecule has 0 radical (unpaired) electrons. The average molecular weight is 383 g/mol. The van der Waals surface area contributed by atoms with Crippen molar-refractivity contribution in [2.45, 2.75) is 26.3 Å². The monoisotopic (exact) mass is 383 g/mol. The van der Waals surface area contributed by atoms with Crippen molar-refractivity contribution in [3.63, 3.8) is 0 Å². The molecule has 1 fully saturated rings. The topological polar surface area (TPSA) is 58.8 Å². The first kappa shape index (κ1) is 20.3. The Balaban J connectivity index is 1.29. The van der Waals surface area contributed by atoms with E-state index in [1.807, 2.05) is 0 Å². The molecule has 6 heteroatoms. The second-order valence-corrected chi connectivity index (χ2v) is 7.36. The fourth-order valence-corrected chi connectivity index (χ4v) is 3.56. The number of hydrogen-bond acceptors (Lipinski definition) is 5. The second-order valence-electron chi connectivity index (χ2n) is 7.36. The maximum absolute atomic E-state index is 10.9. The molecule has 0 amide bonds. The van der Waals surface area contributed by atoms with Gasteiger partial charge in [-0.1, -0.05) is 30.3 Å². The zero-order valence-electron chi connectivity index (χ0n) is 16.5. The lowest BCUT2D eigenvalue weighted by atomic mass is 10.2. The summed E-state index contributed by atoms with van der Waals surface area (Å²) in [5.41, 5.74) is 2.16. The number of nitro benzene ring substituents is 1. The van der Waals surface area contributed by atoms with Gasteiger partial charge < -0.3 is 9.64 Å². The molecule has 0 saturated carbocycles. The molecule has 0 bridgehead atoms. The van der Waals surface area contributed by atoms with E-state index >= 15 is 0 Å². The summed E-state index contributed by atoms with van der Waals surface area (Å²) in [5.74, 6) is 0.706. The van der Waals surface area contributed by atoms with E-state index in [2.05, 4.69) is 40.1 Å². The largest absolute Gasteiger partial charge is 0.494 e. The highest BCUT2D eigenvalue weighted by Gasteiger charge is 2.16. The Labute approximate surface area is 166 Å². The number of ether oxygens (including phenoxy) is 1. The van der Waals surface area contributed by atoms with E-state index in [-0.39, 0.29) is 10.6 Å². The summed E-state index contributed by atoms with van der Waals surface area (Å²) < 4.78 is 5.75. The Morgan fingerprint density at radius 1 is 1.00 bits per heavy atom. The molecule has 1 saturated heterocycles. The molecule has 1 aliphatic heterocycles. The molecule has 0 aliphatic carbocycles. The predicted molar refractivity (Wildman–Crippen MR) is 111 cm³/mol. The number of hydrogen-bond donors (Lipinski definition) is 0. The minimum absolute atomic E-state index is 0.138. The summed E-state index contributed by atoms with van der Waals surface area (Å²) in [6, 6.07) is 15.6. The van der Waals surface area contributed by atoms with Crippen LogP contribution in [0.3, 0.4) is 0 Å². The van der Waals surface area contributed by atoms with Crippen LogP contribution in [0.25, 0.3) is 0 Å². The van der Waals surface area contributed by atoms with E-state index in [4.69, 9.17) is 4.74 Å². The molecule has 28 heavy (non-hydrogen) atoms. The zero-order chi connectivity index (χ0) is 19.8. The molecule has 2 aromatic carbocycles. The van der Waals surface area contributed by atoms with Gasteiger partial charge >= 0.3 is 0 Å². The van der Waals surface area contributed by atoms with Crippen molar-refractivity contribution in [1.29, 1.82) is 0 Å². The van der Waals surface area contributed by atoms with Crippen LogP contribution < -0.4 is 4.74 Å². The first-order chi connectivity index (χ1) is 13.6. The van der Waals surface area contributed by atoms with Crippen LogP contribution in [0.15, 0.2) is 48.5 Å². The number of piperazine rings is 1. The van der Waals surface area contributed by atoms with E-state index in [1.165, 1.54) is 11.6 Å². The van der Waals surface area contributed by atoms with Crippen molar-refractivity contribution in [3.8, 4) is 5.75 Å². The molecule has 2 aromatic rings. The van der Waals surface area contributed by atoms with Gasteiger partial charge in [-0.05, 0) is 44.0 Å². The number of nitrogens with zero attached hydrogens (tertiary/aromatic N) is 3. The Morgan fingerprint density at radius 3 is 2.39 bits per heavy atom. The third-order valence-corrected chi connectivity index (χ3v) is 5.22. The van der Waals surface area contributed by atoms with Gasteiger partial charge in [0.15, 0.2) is 0 Å². The zero-order valence-corrected chi connectivity index (χ0v) is 16.5. The van der Waals surface area contributed by atoms with Crippen molar-refractivity contribution >= 4 is 5.69 Å². The molecule has 0 unspecified atom stereocenters. The molecule has 1 aliphatic rings. The molecule has 0 N–H and O–H groups in total. The van der Waals surface area contributed by atoms with Gasteiger partial charge in [-0.25, -0.2) is 0 Å². The number of unbranched alkanes of at least 4 members (excludes halogenated alkanes) is 1. The Hall–Kier alpha value is -2.44. The van der Waals surface area contributed by atoms with E-state index < -0.39 is 0 Å². The highest BCUT2D eigenvalue weighted by atomic mass is 16.6. The highest BCUT2D eigenvalue weighted by Crippen LogP contribution is 2.23. The molecule has 0 aromatic heterocycles. The second kappa shape index (κ2) is 10.2. The van der Waals surface area contributed by atoms with Gasteiger partial charge in [0, 0.05) is 44.4 Å². The first-order valence-corrected chi connectivity index (χ1v) is 9.98. The summed E-state index contributed by atoms with van der Waals surface area (Å²) in [6.45, 7) is 9.00. The number of nitro groups is 1. The van der Waals surface area contributed by atoms with Gasteiger partial charge in [0.25, 0.3) is 5.69 Å². The van der Waals surface area contributed by atoms with Crippen LogP contribution in [0.4, 0.5) is 5.69 Å². The summed E-state index contributed by atoms with van der Waals surface area (Å²) in [6.07, 6.45) is 2.09. The van der Waals surface area contributed by atoms with Crippen molar-refractivity contribution in [2.75, 3.05) is 39.3 Å². The normalized spacial score (nSPS) is 15.5. The Bertz CT molecular complexity index is 759. The van der Waals surface area contributed by atoms with Gasteiger partial charge in [0.2, 0.25) is 0 Å². The van der Waals surface area contributed by atoms with Gasteiger partial charge in [0.1, 0.15) is 5.75 Å². The van der Waals surface area contributed by atoms with E-state index in [0.29, 0.717) is 17.9 Å². The predicted octanol–water partition coefficient (Wildman–Crippen LogP) is 3.88. The molecule has 3 rings (SSSR count). The fraction of sp³-hybridized carbons (Fsp3) is 0.455. The smallest absolute Gasteiger partial charge is 0.272 e. The highest BCUT2D eigenvalue weighted by molar-refractivity contribution is 5.44. The van der Waals surface area contributed by atoms with E-state index in [0.717, 1.165) is 52.1 Å². The molecular formula is C22H29N3O3. The van der Waals surface area contributed by atoms with Crippen LogP contribution in [0.1, 0.15) is 24.0 Å². The van der Waals surface area contributed by atoms with E-state index in [1.54, 1.807) is 19.1 Å². The maximum Gasteiger partial charge on any atom is 0.272 e. The van der Waals surface area contributed by atoms with Crippen LogP contribution in [0.5, 0.6) is 5.75 Å². The summed E-state index contributed by atoms with van der Waals surface area (Å²) in [5, 5.41) is 10.9. The quantitative estimate of drug-likeness (QED) is 0.374. The third-order valence-electron chi connectivity index (χ3n) is 5.22. The summed E-state index contributed by atoms with van der Waals surface area (Å²) in [4.78, 5) is 15.5. The molecule has 0 spiro atoms. The van der Waals surface area contributed by atoms with Crippen LogP contribution in [-0.2, 0) is 6.54 Å². The number of benzene rings is 2. The molecule has 1 heterocycles. The minimum Gasteiger partial charge on any atom is -0.494 e. The SMILES string of the molecule is Cc1cc(OCCCCN2CCN(Cc3ccccc3)CC2)ccc1[N+](=O)[O-]. The van der Waals surface area contributed by atoms with Crippen molar-refractivity contribution in [3.05, 3.63) is 69.8 Å².